The largest absolute Gasteiger partial charge is 0.431 e. The van der Waals surface area contributed by atoms with E-state index in [2.05, 4.69) is 15.0 Å². The molecule has 2 heterocycles. The van der Waals surface area contributed by atoms with Crippen LogP contribution in [0.4, 0.5) is 11.5 Å². The number of anilines is 2. The van der Waals surface area contributed by atoms with E-state index in [1.165, 1.54) is 6.07 Å². The Hall–Kier alpha value is -2.48. The average molecular weight is 275 g/mol. The molecule has 0 saturated carbocycles. The molecule has 0 aliphatic rings. The summed E-state index contributed by atoms with van der Waals surface area (Å²) in [6, 6.07) is 6.48. The van der Waals surface area contributed by atoms with E-state index in [9.17, 15) is 4.79 Å². The van der Waals surface area contributed by atoms with Crippen LogP contribution in [-0.2, 0) is 0 Å². The van der Waals surface area contributed by atoms with Crippen molar-refractivity contribution in [2.45, 2.75) is 10.4 Å². The first-order chi connectivity index (χ1) is 9.11. The molecule has 5 N–H and O–H groups in total. The van der Waals surface area contributed by atoms with E-state index in [-0.39, 0.29) is 11.4 Å². The lowest BCUT2D eigenvalue weighted by Crippen LogP contribution is -2.09. The molecule has 0 amide bonds. The number of aromatic amines is 1. The Morgan fingerprint density at radius 1 is 1.26 bits per heavy atom. The average Bonchev–Trinajstić information content (AvgIpc) is 2.71. The third kappa shape index (κ3) is 2.25. The zero-order valence-electron chi connectivity index (χ0n) is 9.58. The maximum absolute atomic E-state index is 11.3. The number of aromatic nitrogens is 3. The molecular formula is C11H9N5O2S. The minimum absolute atomic E-state index is 0.141. The number of fused-ring (bicyclic) bond motifs is 1. The molecule has 0 radical (unpaired) electrons. The lowest BCUT2D eigenvalue weighted by atomic mass is 10.3. The standard InChI is InChI=1S/C11H9N5O2S/c12-5-2-1-3-6-9(5)16-11(18-6)19-10-14-7(13)4-8(17)15-10/h1-4H,12H2,(H3,13,14,15,17). The highest BCUT2D eigenvalue weighted by Gasteiger charge is 2.11. The Bertz CT molecular complexity index is 810. The van der Waals surface area contributed by atoms with Crippen molar-refractivity contribution >= 4 is 34.4 Å². The van der Waals surface area contributed by atoms with Crippen molar-refractivity contribution in [1.82, 2.24) is 15.0 Å². The summed E-state index contributed by atoms with van der Waals surface area (Å²) in [6.45, 7) is 0. The van der Waals surface area contributed by atoms with Gasteiger partial charge in [0.2, 0.25) is 0 Å². The van der Waals surface area contributed by atoms with E-state index in [4.69, 9.17) is 15.9 Å². The summed E-state index contributed by atoms with van der Waals surface area (Å²) in [6.07, 6.45) is 0. The Morgan fingerprint density at radius 3 is 2.84 bits per heavy atom. The second kappa shape index (κ2) is 4.32. The molecule has 0 unspecified atom stereocenters. The summed E-state index contributed by atoms with van der Waals surface area (Å²) in [7, 11) is 0. The van der Waals surface area contributed by atoms with Crippen LogP contribution in [0, 0.1) is 0 Å². The summed E-state index contributed by atoms with van der Waals surface area (Å²) in [5, 5.41) is 0.650. The van der Waals surface area contributed by atoms with Gasteiger partial charge in [0.1, 0.15) is 11.3 Å². The molecule has 3 rings (SSSR count). The van der Waals surface area contributed by atoms with Gasteiger partial charge in [-0.25, -0.2) is 9.97 Å². The number of nitrogens with zero attached hydrogens (tertiary/aromatic N) is 2. The van der Waals surface area contributed by atoms with Crippen molar-refractivity contribution in [2.24, 2.45) is 0 Å². The molecule has 2 aromatic heterocycles. The van der Waals surface area contributed by atoms with Gasteiger partial charge in [-0.05, 0) is 12.1 Å². The second-order valence-electron chi connectivity index (χ2n) is 3.75. The first-order valence-electron chi connectivity index (χ1n) is 5.31. The van der Waals surface area contributed by atoms with Crippen molar-refractivity contribution in [3.63, 3.8) is 0 Å². The number of H-pyrrole nitrogens is 1. The molecule has 7 nitrogen and oxygen atoms in total. The van der Waals surface area contributed by atoms with Gasteiger partial charge in [0, 0.05) is 17.8 Å². The lowest BCUT2D eigenvalue weighted by Gasteiger charge is -1.96. The number of hydrogen-bond donors (Lipinski definition) is 3. The van der Waals surface area contributed by atoms with Crippen LogP contribution < -0.4 is 17.0 Å². The van der Waals surface area contributed by atoms with Gasteiger partial charge in [-0.3, -0.25) is 4.79 Å². The molecule has 0 atom stereocenters. The molecule has 0 bridgehead atoms. The Balaban J connectivity index is 2.01. The van der Waals surface area contributed by atoms with Crippen molar-refractivity contribution in [3.05, 3.63) is 34.6 Å². The van der Waals surface area contributed by atoms with Gasteiger partial charge in [0.05, 0.1) is 5.69 Å². The van der Waals surface area contributed by atoms with Crippen molar-refractivity contribution in [3.8, 4) is 0 Å². The van der Waals surface area contributed by atoms with Gasteiger partial charge in [0.25, 0.3) is 10.8 Å². The van der Waals surface area contributed by atoms with E-state index in [0.717, 1.165) is 11.8 Å². The number of nitrogen functional groups attached to an aromatic ring is 2. The first kappa shape index (κ1) is 11.6. The SMILES string of the molecule is Nc1cc(=O)[nH]c(Sc2nc3c(N)cccc3o2)n1. The summed E-state index contributed by atoms with van der Waals surface area (Å²) < 4.78 is 5.50. The van der Waals surface area contributed by atoms with E-state index in [1.807, 2.05) is 0 Å². The summed E-state index contributed by atoms with van der Waals surface area (Å²) in [5.74, 6) is 0.141. The molecule has 0 aliphatic carbocycles. The Kier molecular flexibility index (Phi) is 2.64. The van der Waals surface area contributed by atoms with Crippen LogP contribution in [0.25, 0.3) is 11.1 Å². The van der Waals surface area contributed by atoms with Gasteiger partial charge >= 0.3 is 0 Å². The number of hydrogen-bond acceptors (Lipinski definition) is 7. The van der Waals surface area contributed by atoms with Crippen LogP contribution >= 0.6 is 11.8 Å². The van der Waals surface area contributed by atoms with Crippen molar-refractivity contribution < 1.29 is 4.42 Å². The predicted molar refractivity (Wildman–Crippen MR) is 71.8 cm³/mol. The number of oxazole rings is 1. The van der Waals surface area contributed by atoms with Crippen molar-refractivity contribution in [2.75, 3.05) is 11.5 Å². The maximum atomic E-state index is 11.3. The highest BCUT2D eigenvalue weighted by molar-refractivity contribution is 7.98. The number of nitrogens with one attached hydrogen (secondary N) is 1. The number of benzene rings is 1. The number of nitrogens with two attached hydrogens (primary N) is 2. The van der Waals surface area contributed by atoms with Crippen molar-refractivity contribution in [1.29, 1.82) is 0 Å². The molecule has 1 aromatic carbocycles. The fraction of sp³-hybridized carbons (Fsp3) is 0. The highest BCUT2D eigenvalue weighted by Crippen LogP contribution is 2.29. The van der Waals surface area contributed by atoms with Crippen LogP contribution in [0.5, 0.6) is 0 Å². The topological polar surface area (TPSA) is 124 Å². The van der Waals surface area contributed by atoms with E-state index < -0.39 is 0 Å². The highest BCUT2D eigenvalue weighted by atomic mass is 32.2. The van der Waals surface area contributed by atoms with Gasteiger partial charge in [-0.15, -0.1) is 0 Å². The number of rotatable bonds is 2. The van der Waals surface area contributed by atoms with E-state index in [0.29, 0.717) is 27.2 Å². The molecule has 8 heteroatoms. The zero-order chi connectivity index (χ0) is 13.4. The zero-order valence-corrected chi connectivity index (χ0v) is 10.4. The van der Waals surface area contributed by atoms with E-state index in [1.54, 1.807) is 18.2 Å². The lowest BCUT2D eigenvalue weighted by molar-refractivity contribution is 0.488. The normalized spacial score (nSPS) is 10.9. The van der Waals surface area contributed by atoms with Crippen LogP contribution in [-0.4, -0.2) is 15.0 Å². The molecule has 0 saturated heterocycles. The predicted octanol–water partition coefficient (Wildman–Crippen LogP) is 1.23. The molecule has 0 spiro atoms. The Morgan fingerprint density at radius 2 is 2.11 bits per heavy atom. The molecule has 0 fully saturated rings. The first-order valence-corrected chi connectivity index (χ1v) is 6.13. The minimum Gasteiger partial charge on any atom is -0.431 e. The molecular weight excluding hydrogens is 266 g/mol. The van der Waals surface area contributed by atoms with Crippen LogP contribution in [0.15, 0.2) is 43.9 Å². The Labute approximate surface area is 111 Å². The van der Waals surface area contributed by atoms with Crippen LogP contribution in [0.3, 0.4) is 0 Å². The third-order valence-corrected chi connectivity index (χ3v) is 3.09. The minimum atomic E-state index is -0.328. The summed E-state index contributed by atoms with van der Waals surface area (Å²) >= 11 is 1.07. The fourth-order valence-corrected chi connectivity index (χ4v) is 2.31. The molecule has 96 valence electrons. The molecule has 0 aliphatic heterocycles. The van der Waals surface area contributed by atoms with E-state index >= 15 is 0 Å². The van der Waals surface area contributed by atoms with Crippen LogP contribution in [0.1, 0.15) is 0 Å². The monoisotopic (exact) mass is 275 g/mol. The fourth-order valence-electron chi connectivity index (χ4n) is 1.58. The van der Waals surface area contributed by atoms with Gasteiger partial charge in [-0.1, -0.05) is 6.07 Å². The smallest absolute Gasteiger partial charge is 0.264 e. The second-order valence-corrected chi connectivity index (χ2v) is 4.69. The molecule has 3 aromatic rings. The van der Waals surface area contributed by atoms with Gasteiger partial charge < -0.3 is 20.9 Å². The third-order valence-electron chi connectivity index (χ3n) is 2.35. The quantitative estimate of drug-likeness (QED) is 0.474. The van der Waals surface area contributed by atoms with Gasteiger partial charge in [-0.2, -0.15) is 0 Å². The summed E-state index contributed by atoms with van der Waals surface area (Å²) in [4.78, 5) is 22.0. The summed E-state index contributed by atoms with van der Waals surface area (Å²) in [5.41, 5.74) is 12.6. The van der Waals surface area contributed by atoms with Crippen LogP contribution in [0.2, 0.25) is 0 Å². The molecule has 19 heavy (non-hydrogen) atoms. The number of para-hydroxylation sites is 1. The van der Waals surface area contributed by atoms with Gasteiger partial charge in [0.15, 0.2) is 10.7 Å². The maximum Gasteiger partial charge on any atom is 0.264 e.